The maximum absolute atomic E-state index is 5.71. The van der Waals surface area contributed by atoms with Gasteiger partial charge in [-0.1, -0.05) is 57.6 Å². The standard InChI is InChI=1S/C16H33N/c1-3-4-5-6-7-8-9-10-11-12-13-14-15-16(2)17/h8-9,16H,3-7,10-15,17H2,1-2H3. The van der Waals surface area contributed by atoms with Crippen molar-refractivity contribution in [3.05, 3.63) is 12.2 Å². The van der Waals surface area contributed by atoms with E-state index in [1.54, 1.807) is 0 Å². The molecule has 0 spiro atoms. The molecule has 0 saturated heterocycles. The molecule has 0 heterocycles. The van der Waals surface area contributed by atoms with Gasteiger partial charge in [-0.25, -0.2) is 0 Å². The first kappa shape index (κ1) is 16.7. The van der Waals surface area contributed by atoms with Gasteiger partial charge >= 0.3 is 0 Å². The van der Waals surface area contributed by atoms with Gasteiger partial charge in [0.15, 0.2) is 0 Å². The van der Waals surface area contributed by atoms with Crippen LogP contribution in [-0.4, -0.2) is 6.04 Å². The van der Waals surface area contributed by atoms with Crippen LogP contribution in [0.1, 0.15) is 84.5 Å². The smallest absolute Gasteiger partial charge is 0.00104 e. The lowest BCUT2D eigenvalue weighted by Crippen LogP contribution is -2.13. The van der Waals surface area contributed by atoms with Crippen molar-refractivity contribution < 1.29 is 0 Å². The summed E-state index contributed by atoms with van der Waals surface area (Å²) in [6.07, 6.45) is 19.4. The molecule has 0 aromatic rings. The average Bonchev–Trinajstić information content (AvgIpc) is 2.30. The highest BCUT2D eigenvalue weighted by Gasteiger charge is 1.93. The maximum atomic E-state index is 5.71. The largest absolute Gasteiger partial charge is 0.328 e. The van der Waals surface area contributed by atoms with Crippen LogP contribution in [0.25, 0.3) is 0 Å². The predicted molar refractivity (Wildman–Crippen MR) is 79.3 cm³/mol. The van der Waals surface area contributed by atoms with E-state index in [9.17, 15) is 0 Å². The van der Waals surface area contributed by atoms with Gasteiger partial charge in [0.05, 0.1) is 0 Å². The summed E-state index contributed by atoms with van der Waals surface area (Å²) in [4.78, 5) is 0. The predicted octanol–water partition coefficient (Wildman–Crippen LogP) is 5.20. The maximum Gasteiger partial charge on any atom is 0.00104 e. The van der Waals surface area contributed by atoms with E-state index >= 15 is 0 Å². The zero-order valence-electron chi connectivity index (χ0n) is 12.1. The summed E-state index contributed by atoms with van der Waals surface area (Å²) in [6.45, 7) is 4.36. The molecule has 0 fully saturated rings. The molecule has 0 aliphatic rings. The molecular weight excluding hydrogens is 206 g/mol. The van der Waals surface area contributed by atoms with E-state index in [0.29, 0.717) is 6.04 Å². The molecule has 0 saturated carbocycles. The fraction of sp³-hybridized carbons (Fsp3) is 0.875. The van der Waals surface area contributed by atoms with Gasteiger partial charge in [0.1, 0.15) is 0 Å². The van der Waals surface area contributed by atoms with Crippen LogP contribution in [0.3, 0.4) is 0 Å². The number of unbranched alkanes of at least 4 members (excludes halogenated alkanes) is 8. The minimum Gasteiger partial charge on any atom is -0.328 e. The Bertz CT molecular complexity index is 161. The van der Waals surface area contributed by atoms with E-state index in [-0.39, 0.29) is 0 Å². The highest BCUT2D eigenvalue weighted by molar-refractivity contribution is 4.81. The van der Waals surface area contributed by atoms with Crippen molar-refractivity contribution in [3.63, 3.8) is 0 Å². The molecule has 1 atom stereocenters. The van der Waals surface area contributed by atoms with Gasteiger partial charge in [0.25, 0.3) is 0 Å². The van der Waals surface area contributed by atoms with Crippen molar-refractivity contribution in [2.75, 3.05) is 0 Å². The normalized spacial score (nSPS) is 13.4. The summed E-state index contributed by atoms with van der Waals surface area (Å²) < 4.78 is 0. The SMILES string of the molecule is CCCCCCC=CCCCCCCC(C)N. The van der Waals surface area contributed by atoms with Crippen molar-refractivity contribution in [2.45, 2.75) is 90.5 Å². The van der Waals surface area contributed by atoms with E-state index in [0.717, 1.165) is 0 Å². The van der Waals surface area contributed by atoms with Gasteiger partial charge in [-0.2, -0.15) is 0 Å². The van der Waals surface area contributed by atoms with Gasteiger partial charge in [-0.3, -0.25) is 0 Å². The van der Waals surface area contributed by atoms with E-state index in [4.69, 9.17) is 5.73 Å². The van der Waals surface area contributed by atoms with Crippen LogP contribution < -0.4 is 5.73 Å². The van der Waals surface area contributed by atoms with E-state index in [1.807, 2.05) is 0 Å². The van der Waals surface area contributed by atoms with Crippen molar-refractivity contribution in [1.82, 2.24) is 0 Å². The molecule has 0 radical (unpaired) electrons. The molecule has 1 nitrogen and oxygen atoms in total. The summed E-state index contributed by atoms with van der Waals surface area (Å²) in [5.41, 5.74) is 5.71. The lowest BCUT2D eigenvalue weighted by molar-refractivity contribution is 0.568. The molecule has 0 aromatic heterocycles. The molecule has 1 unspecified atom stereocenters. The molecule has 102 valence electrons. The minimum atomic E-state index is 0.387. The Kier molecular flexibility index (Phi) is 13.5. The zero-order chi connectivity index (χ0) is 12.8. The van der Waals surface area contributed by atoms with Crippen LogP contribution in [0, 0.1) is 0 Å². The van der Waals surface area contributed by atoms with Crippen LogP contribution in [0.15, 0.2) is 12.2 Å². The van der Waals surface area contributed by atoms with Gasteiger partial charge in [-0.05, 0) is 39.0 Å². The van der Waals surface area contributed by atoms with Gasteiger partial charge in [-0.15, -0.1) is 0 Å². The van der Waals surface area contributed by atoms with Crippen LogP contribution in [0.5, 0.6) is 0 Å². The Labute approximate surface area is 109 Å². The molecule has 0 amide bonds. The number of nitrogens with two attached hydrogens (primary N) is 1. The minimum absolute atomic E-state index is 0.387. The first-order valence-corrected chi connectivity index (χ1v) is 7.68. The second kappa shape index (κ2) is 13.8. The monoisotopic (exact) mass is 239 g/mol. The quantitative estimate of drug-likeness (QED) is 0.367. The molecule has 0 aliphatic carbocycles. The molecule has 2 N–H and O–H groups in total. The van der Waals surface area contributed by atoms with Crippen molar-refractivity contribution >= 4 is 0 Å². The molecule has 1 heteroatoms. The van der Waals surface area contributed by atoms with Crippen LogP contribution in [0.2, 0.25) is 0 Å². The zero-order valence-corrected chi connectivity index (χ0v) is 12.1. The van der Waals surface area contributed by atoms with E-state index in [1.165, 1.54) is 70.6 Å². The van der Waals surface area contributed by atoms with Crippen molar-refractivity contribution in [2.24, 2.45) is 5.73 Å². The fourth-order valence-corrected chi connectivity index (χ4v) is 2.01. The first-order valence-electron chi connectivity index (χ1n) is 7.68. The Morgan fingerprint density at radius 1 is 0.824 bits per heavy atom. The summed E-state index contributed by atoms with van der Waals surface area (Å²) >= 11 is 0. The third kappa shape index (κ3) is 15.7. The Morgan fingerprint density at radius 2 is 1.35 bits per heavy atom. The molecule has 0 aromatic carbocycles. The second-order valence-corrected chi connectivity index (χ2v) is 5.29. The van der Waals surface area contributed by atoms with E-state index < -0.39 is 0 Å². The van der Waals surface area contributed by atoms with Crippen LogP contribution in [-0.2, 0) is 0 Å². The molecule has 0 bridgehead atoms. The van der Waals surface area contributed by atoms with Gasteiger partial charge in [0.2, 0.25) is 0 Å². The van der Waals surface area contributed by atoms with Gasteiger partial charge < -0.3 is 5.73 Å². The number of rotatable bonds is 12. The third-order valence-corrected chi connectivity index (χ3v) is 3.17. The van der Waals surface area contributed by atoms with Crippen LogP contribution in [0.4, 0.5) is 0 Å². The summed E-state index contributed by atoms with van der Waals surface area (Å²) in [6, 6.07) is 0.387. The number of hydrogen-bond acceptors (Lipinski definition) is 1. The molecule has 0 rings (SSSR count). The average molecular weight is 239 g/mol. The number of allylic oxidation sites excluding steroid dienone is 2. The lowest BCUT2D eigenvalue weighted by atomic mass is 10.1. The van der Waals surface area contributed by atoms with Crippen LogP contribution >= 0.6 is 0 Å². The van der Waals surface area contributed by atoms with E-state index in [2.05, 4.69) is 26.0 Å². The summed E-state index contributed by atoms with van der Waals surface area (Å²) in [7, 11) is 0. The molecule has 0 aliphatic heterocycles. The Hall–Kier alpha value is -0.300. The highest BCUT2D eigenvalue weighted by atomic mass is 14.6. The second-order valence-electron chi connectivity index (χ2n) is 5.29. The molecular formula is C16H33N. The highest BCUT2D eigenvalue weighted by Crippen LogP contribution is 2.08. The molecule has 17 heavy (non-hydrogen) atoms. The third-order valence-electron chi connectivity index (χ3n) is 3.17. The summed E-state index contributed by atoms with van der Waals surface area (Å²) in [5.74, 6) is 0. The first-order chi connectivity index (χ1) is 8.27. The lowest BCUT2D eigenvalue weighted by Gasteiger charge is -2.03. The Balaban J connectivity index is 3.04. The summed E-state index contributed by atoms with van der Waals surface area (Å²) in [5, 5.41) is 0. The topological polar surface area (TPSA) is 26.0 Å². The Morgan fingerprint density at radius 3 is 1.88 bits per heavy atom. The van der Waals surface area contributed by atoms with Gasteiger partial charge in [0, 0.05) is 6.04 Å². The number of hydrogen-bond donors (Lipinski definition) is 1. The van der Waals surface area contributed by atoms with Crippen molar-refractivity contribution in [1.29, 1.82) is 0 Å². The van der Waals surface area contributed by atoms with Crippen molar-refractivity contribution in [3.8, 4) is 0 Å². The fourth-order valence-electron chi connectivity index (χ4n) is 2.01.